The van der Waals surface area contributed by atoms with Crippen molar-refractivity contribution in [3.8, 4) is 0 Å². The summed E-state index contributed by atoms with van der Waals surface area (Å²) >= 11 is 3.45. The lowest BCUT2D eigenvalue weighted by molar-refractivity contribution is -0.116. The first-order valence-electron chi connectivity index (χ1n) is 6.16. The molecule has 20 heavy (non-hydrogen) atoms. The Hall–Kier alpha value is -1.53. The molecule has 3 N–H and O–H groups in total. The van der Waals surface area contributed by atoms with E-state index in [9.17, 15) is 9.18 Å². The second kappa shape index (κ2) is 7.31. The third kappa shape index (κ3) is 4.54. The average Bonchev–Trinajstić information content (AvgIpc) is 2.92. The highest BCUT2D eigenvalue weighted by Gasteiger charge is 2.05. The summed E-state index contributed by atoms with van der Waals surface area (Å²) in [5.74, 6) is 0.345. The third-order valence-corrected chi connectivity index (χ3v) is 4.78. The van der Waals surface area contributed by atoms with Gasteiger partial charge in [0.2, 0.25) is 5.91 Å². The molecule has 0 aliphatic rings. The number of nitrogens with two attached hydrogens (primary N) is 1. The number of amides is 1. The molecule has 0 aliphatic carbocycles. The Bertz CT molecular complexity index is 573. The quantitative estimate of drug-likeness (QED) is 0.482. The first-order chi connectivity index (χ1) is 9.65. The van der Waals surface area contributed by atoms with Gasteiger partial charge in [0.05, 0.1) is 9.90 Å². The molecule has 0 bridgehead atoms. The van der Waals surface area contributed by atoms with Crippen LogP contribution in [0.3, 0.4) is 0 Å². The fourth-order valence-electron chi connectivity index (χ4n) is 1.60. The van der Waals surface area contributed by atoms with Crippen molar-refractivity contribution in [3.05, 3.63) is 41.5 Å². The van der Waals surface area contributed by atoms with Gasteiger partial charge in [-0.1, -0.05) is 6.07 Å². The maximum Gasteiger partial charge on any atom is 0.224 e. The Kier molecular flexibility index (Phi) is 5.43. The highest BCUT2D eigenvalue weighted by atomic mass is 32.2. The molecule has 2 rings (SSSR count). The number of benzene rings is 1. The SMILES string of the molecule is Nc1cc(NC(=O)CCCSc2cccs2)ccc1F. The molecule has 0 spiro atoms. The van der Waals surface area contributed by atoms with Crippen LogP contribution in [0.15, 0.2) is 39.9 Å². The van der Waals surface area contributed by atoms with Gasteiger partial charge in [-0.15, -0.1) is 23.1 Å². The minimum absolute atomic E-state index is 0.0380. The topological polar surface area (TPSA) is 55.1 Å². The van der Waals surface area contributed by atoms with Gasteiger partial charge in [-0.2, -0.15) is 0 Å². The molecule has 0 saturated carbocycles. The van der Waals surface area contributed by atoms with E-state index in [0.717, 1.165) is 12.2 Å². The van der Waals surface area contributed by atoms with Gasteiger partial charge in [0, 0.05) is 12.1 Å². The number of carbonyl (C=O) groups excluding carboxylic acids is 1. The Morgan fingerprint density at radius 1 is 1.40 bits per heavy atom. The van der Waals surface area contributed by atoms with Gasteiger partial charge in [0.25, 0.3) is 0 Å². The van der Waals surface area contributed by atoms with E-state index in [2.05, 4.69) is 11.4 Å². The van der Waals surface area contributed by atoms with Gasteiger partial charge in [0.1, 0.15) is 5.82 Å². The predicted octanol–water partition coefficient (Wildman–Crippen LogP) is 3.98. The molecule has 2 aromatic rings. The van der Waals surface area contributed by atoms with Crippen molar-refractivity contribution in [2.24, 2.45) is 0 Å². The number of nitrogen functional groups attached to an aromatic ring is 1. The summed E-state index contributed by atoms with van der Waals surface area (Å²) in [5, 5.41) is 4.75. The first-order valence-corrected chi connectivity index (χ1v) is 8.03. The van der Waals surface area contributed by atoms with Crippen LogP contribution < -0.4 is 11.1 Å². The van der Waals surface area contributed by atoms with E-state index in [1.807, 2.05) is 11.4 Å². The maximum absolute atomic E-state index is 13.0. The summed E-state index contributed by atoms with van der Waals surface area (Å²) in [6, 6.07) is 8.25. The molecule has 0 unspecified atom stereocenters. The molecule has 0 radical (unpaired) electrons. The molecule has 0 saturated heterocycles. The fraction of sp³-hybridized carbons (Fsp3) is 0.214. The van der Waals surface area contributed by atoms with Gasteiger partial charge in [-0.05, 0) is 41.8 Å². The number of hydrogen-bond donors (Lipinski definition) is 2. The van der Waals surface area contributed by atoms with Crippen LogP contribution in [-0.2, 0) is 4.79 Å². The van der Waals surface area contributed by atoms with Gasteiger partial charge < -0.3 is 11.1 Å². The third-order valence-electron chi connectivity index (χ3n) is 2.57. The maximum atomic E-state index is 13.0. The van der Waals surface area contributed by atoms with Gasteiger partial charge in [0.15, 0.2) is 0 Å². The lowest BCUT2D eigenvalue weighted by atomic mass is 10.2. The molecular formula is C14H15FN2OS2. The fourth-order valence-corrected chi connectivity index (χ4v) is 3.40. The van der Waals surface area contributed by atoms with Crippen LogP contribution in [0.2, 0.25) is 0 Å². The molecular weight excluding hydrogens is 295 g/mol. The van der Waals surface area contributed by atoms with Crippen LogP contribution in [0.5, 0.6) is 0 Å². The zero-order valence-corrected chi connectivity index (χ0v) is 12.4. The van der Waals surface area contributed by atoms with E-state index < -0.39 is 5.82 Å². The van der Waals surface area contributed by atoms with Crippen molar-refractivity contribution in [3.63, 3.8) is 0 Å². The van der Waals surface area contributed by atoms with E-state index in [0.29, 0.717) is 12.1 Å². The second-order valence-electron chi connectivity index (χ2n) is 4.17. The van der Waals surface area contributed by atoms with Crippen LogP contribution in [0.4, 0.5) is 15.8 Å². The molecule has 1 aromatic carbocycles. The molecule has 3 nitrogen and oxygen atoms in total. The van der Waals surface area contributed by atoms with Crippen molar-refractivity contribution in [1.82, 2.24) is 0 Å². The lowest BCUT2D eigenvalue weighted by Crippen LogP contribution is -2.11. The van der Waals surface area contributed by atoms with Crippen LogP contribution in [-0.4, -0.2) is 11.7 Å². The van der Waals surface area contributed by atoms with E-state index in [1.165, 1.54) is 22.4 Å². The van der Waals surface area contributed by atoms with Gasteiger partial charge >= 0.3 is 0 Å². The summed E-state index contributed by atoms with van der Waals surface area (Å²) < 4.78 is 14.2. The van der Waals surface area contributed by atoms with Crippen molar-refractivity contribution < 1.29 is 9.18 Å². The summed E-state index contributed by atoms with van der Waals surface area (Å²) in [6.07, 6.45) is 1.24. The minimum atomic E-state index is -0.477. The molecule has 1 heterocycles. The predicted molar refractivity (Wildman–Crippen MR) is 83.7 cm³/mol. The van der Waals surface area contributed by atoms with Gasteiger partial charge in [-0.3, -0.25) is 4.79 Å². The molecule has 1 aromatic heterocycles. The Morgan fingerprint density at radius 3 is 2.95 bits per heavy atom. The molecule has 106 valence electrons. The van der Waals surface area contributed by atoms with Crippen molar-refractivity contribution in [2.75, 3.05) is 16.8 Å². The number of thioether (sulfide) groups is 1. The Labute approximate surface area is 125 Å². The Balaban J connectivity index is 1.71. The van der Waals surface area contributed by atoms with E-state index in [4.69, 9.17) is 5.73 Å². The summed E-state index contributed by atoms with van der Waals surface area (Å²) in [5.41, 5.74) is 6.01. The number of carbonyl (C=O) groups is 1. The largest absolute Gasteiger partial charge is 0.396 e. The van der Waals surface area contributed by atoms with Crippen LogP contribution in [0.1, 0.15) is 12.8 Å². The summed E-state index contributed by atoms with van der Waals surface area (Å²) in [7, 11) is 0. The molecule has 0 atom stereocenters. The number of anilines is 2. The van der Waals surface area contributed by atoms with Gasteiger partial charge in [-0.25, -0.2) is 4.39 Å². The van der Waals surface area contributed by atoms with Crippen molar-refractivity contribution >= 4 is 40.4 Å². The smallest absolute Gasteiger partial charge is 0.224 e. The second-order valence-corrected chi connectivity index (χ2v) is 6.51. The van der Waals surface area contributed by atoms with Crippen LogP contribution in [0.25, 0.3) is 0 Å². The minimum Gasteiger partial charge on any atom is -0.396 e. The molecule has 6 heteroatoms. The number of hydrogen-bond acceptors (Lipinski definition) is 4. The standard InChI is InChI=1S/C14H15FN2OS2/c15-11-6-5-10(9-12(11)16)17-13(18)3-1-7-19-14-4-2-8-20-14/h2,4-6,8-9H,1,3,7,16H2,(H,17,18). The lowest BCUT2D eigenvalue weighted by Gasteiger charge is -2.06. The highest BCUT2D eigenvalue weighted by molar-refractivity contribution is 8.01. The summed E-state index contributed by atoms with van der Waals surface area (Å²) in [4.78, 5) is 11.7. The number of thiophene rings is 1. The number of halogens is 1. The molecule has 0 aliphatic heterocycles. The van der Waals surface area contributed by atoms with E-state index in [1.54, 1.807) is 23.1 Å². The van der Waals surface area contributed by atoms with Crippen LogP contribution >= 0.6 is 23.1 Å². The average molecular weight is 310 g/mol. The van der Waals surface area contributed by atoms with E-state index in [-0.39, 0.29) is 11.6 Å². The van der Waals surface area contributed by atoms with Crippen molar-refractivity contribution in [2.45, 2.75) is 17.1 Å². The summed E-state index contributed by atoms with van der Waals surface area (Å²) in [6.45, 7) is 0. The van der Waals surface area contributed by atoms with Crippen molar-refractivity contribution in [1.29, 1.82) is 0 Å². The zero-order valence-electron chi connectivity index (χ0n) is 10.8. The first kappa shape index (κ1) is 14.9. The molecule has 0 fully saturated rings. The normalized spacial score (nSPS) is 10.4. The zero-order chi connectivity index (χ0) is 14.4. The number of rotatable bonds is 6. The number of nitrogens with one attached hydrogen (secondary N) is 1. The van der Waals surface area contributed by atoms with Crippen LogP contribution in [0, 0.1) is 5.82 Å². The Morgan fingerprint density at radius 2 is 2.25 bits per heavy atom. The highest BCUT2D eigenvalue weighted by Crippen LogP contribution is 2.24. The molecule has 1 amide bonds. The monoisotopic (exact) mass is 310 g/mol. The van der Waals surface area contributed by atoms with E-state index >= 15 is 0 Å².